The summed E-state index contributed by atoms with van der Waals surface area (Å²) in [5, 5.41) is 2.74. The fourth-order valence-corrected chi connectivity index (χ4v) is 3.03. The number of nitrogens with zero attached hydrogens (tertiary/aromatic N) is 2. The summed E-state index contributed by atoms with van der Waals surface area (Å²) in [5.41, 5.74) is 0.915. The van der Waals surface area contributed by atoms with Gasteiger partial charge in [-0.3, -0.25) is 4.79 Å². The largest absolute Gasteiger partial charge is 0.338 e. The van der Waals surface area contributed by atoms with E-state index in [0.717, 1.165) is 17.0 Å². The van der Waals surface area contributed by atoms with Crippen LogP contribution in [0.2, 0.25) is 0 Å². The van der Waals surface area contributed by atoms with Gasteiger partial charge in [-0.1, -0.05) is 0 Å². The number of sulfonamides is 1. The van der Waals surface area contributed by atoms with Crippen LogP contribution < -0.4 is 4.72 Å². The van der Waals surface area contributed by atoms with Crippen molar-refractivity contribution in [2.45, 2.75) is 26.4 Å². The fourth-order valence-electron chi connectivity index (χ4n) is 1.46. The molecule has 8 heteroatoms. The second-order valence-electron chi connectivity index (χ2n) is 4.19. The third-order valence-electron chi connectivity index (χ3n) is 2.18. The maximum absolute atomic E-state index is 11.9. The summed E-state index contributed by atoms with van der Waals surface area (Å²) in [5.74, 6) is -0.284. The Kier molecular flexibility index (Phi) is 4.83. The third-order valence-corrected chi connectivity index (χ3v) is 3.91. The molecule has 1 unspecified atom stereocenters. The molecule has 102 valence electrons. The molecule has 0 saturated carbocycles. The van der Waals surface area contributed by atoms with Crippen molar-refractivity contribution in [1.29, 1.82) is 0 Å². The Morgan fingerprint density at radius 1 is 1.61 bits per heavy atom. The number of hydrogen-bond donors (Lipinski definition) is 1. The maximum atomic E-state index is 11.9. The van der Waals surface area contributed by atoms with Gasteiger partial charge >= 0.3 is 0 Å². The SMILES string of the molecule is Cc1csc(CN(C)C(=O)C(C)NS(C)(=O)=O)n1. The Labute approximate surface area is 111 Å². The molecule has 0 bridgehead atoms. The van der Waals surface area contributed by atoms with E-state index in [1.54, 1.807) is 7.05 Å². The summed E-state index contributed by atoms with van der Waals surface area (Å²) in [4.78, 5) is 17.6. The quantitative estimate of drug-likeness (QED) is 0.849. The zero-order valence-electron chi connectivity index (χ0n) is 10.8. The highest BCUT2D eigenvalue weighted by Gasteiger charge is 2.21. The van der Waals surface area contributed by atoms with E-state index >= 15 is 0 Å². The lowest BCUT2D eigenvalue weighted by Gasteiger charge is -2.20. The number of aryl methyl sites for hydroxylation is 1. The predicted molar refractivity (Wildman–Crippen MR) is 70.8 cm³/mol. The molecule has 0 radical (unpaired) electrons. The van der Waals surface area contributed by atoms with Crippen LogP contribution in [-0.4, -0.2) is 43.6 Å². The molecule has 1 aromatic rings. The lowest BCUT2D eigenvalue weighted by molar-refractivity contribution is -0.131. The van der Waals surface area contributed by atoms with E-state index in [1.807, 2.05) is 12.3 Å². The number of carbonyl (C=O) groups excluding carboxylic acids is 1. The number of likely N-dealkylation sites (N-methyl/N-ethyl adjacent to an activating group) is 1. The van der Waals surface area contributed by atoms with Gasteiger partial charge in [-0.05, 0) is 13.8 Å². The first-order valence-corrected chi connectivity index (χ1v) is 8.09. The normalized spacial score (nSPS) is 13.3. The Morgan fingerprint density at radius 3 is 2.67 bits per heavy atom. The summed E-state index contributed by atoms with van der Waals surface area (Å²) < 4.78 is 24.3. The van der Waals surface area contributed by atoms with Gasteiger partial charge in [0.05, 0.1) is 18.8 Å². The smallest absolute Gasteiger partial charge is 0.240 e. The molecule has 0 fully saturated rings. The number of thiazole rings is 1. The van der Waals surface area contributed by atoms with Crippen LogP contribution in [0.5, 0.6) is 0 Å². The van der Waals surface area contributed by atoms with Gasteiger partial charge in [0.15, 0.2) is 0 Å². The van der Waals surface area contributed by atoms with Crippen LogP contribution in [0.25, 0.3) is 0 Å². The lowest BCUT2D eigenvalue weighted by Crippen LogP contribution is -2.44. The molecule has 0 aliphatic carbocycles. The van der Waals surface area contributed by atoms with E-state index in [0.29, 0.717) is 6.54 Å². The topological polar surface area (TPSA) is 79.4 Å². The first-order chi connectivity index (χ1) is 8.19. The predicted octanol–water partition coefficient (Wildman–Crippen LogP) is 0.348. The summed E-state index contributed by atoms with van der Waals surface area (Å²) in [7, 11) is -1.76. The second-order valence-corrected chi connectivity index (χ2v) is 6.91. The van der Waals surface area contributed by atoms with E-state index < -0.39 is 16.1 Å². The third kappa shape index (κ3) is 4.71. The van der Waals surface area contributed by atoms with Crippen molar-refractivity contribution in [2.75, 3.05) is 13.3 Å². The van der Waals surface area contributed by atoms with Gasteiger partial charge in [-0.2, -0.15) is 0 Å². The Morgan fingerprint density at radius 2 is 2.22 bits per heavy atom. The lowest BCUT2D eigenvalue weighted by atomic mass is 10.3. The number of amides is 1. The minimum atomic E-state index is -3.38. The van der Waals surface area contributed by atoms with Gasteiger partial charge in [-0.25, -0.2) is 18.1 Å². The number of nitrogens with one attached hydrogen (secondary N) is 1. The molecule has 1 amide bonds. The van der Waals surface area contributed by atoms with Gasteiger partial charge in [0.25, 0.3) is 0 Å². The molecule has 0 aromatic carbocycles. The van der Waals surface area contributed by atoms with Crippen molar-refractivity contribution in [3.8, 4) is 0 Å². The highest BCUT2D eigenvalue weighted by molar-refractivity contribution is 7.88. The first-order valence-electron chi connectivity index (χ1n) is 5.32. The molecule has 0 spiro atoms. The van der Waals surface area contributed by atoms with Crippen molar-refractivity contribution < 1.29 is 13.2 Å². The fraction of sp³-hybridized carbons (Fsp3) is 0.600. The monoisotopic (exact) mass is 291 g/mol. The highest BCUT2D eigenvalue weighted by atomic mass is 32.2. The van der Waals surface area contributed by atoms with Crippen molar-refractivity contribution >= 4 is 27.3 Å². The van der Waals surface area contributed by atoms with Crippen LogP contribution >= 0.6 is 11.3 Å². The second kappa shape index (κ2) is 5.77. The van der Waals surface area contributed by atoms with Crippen LogP contribution in [0.15, 0.2) is 5.38 Å². The Hall–Kier alpha value is -0.990. The van der Waals surface area contributed by atoms with E-state index in [9.17, 15) is 13.2 Å². The number of hydrogen-bond acceptors (Lipinski definition) is 5. The average Bonchev–Trinajstić information content (AvgIpc) is 2.60. The minimum Gasteiger partial charge on any atom is -0.338 e. The molecular weight excluding hydrogens is 274 g/mol. The standard InChI is InChI=1S/C10H17N3O3S2/c1-7-6-17-9(11-7)5-13(3)10(14)8(2)12-18(4,15)16/h6,8,12H,5H2,1-4H3. The van der Waals surface area contributed by atoms with Crippen molar-refractivity contribution in [3.63, 3.8) is 0 Å². The molecule has 1 heterocycles. The first kappa shape index (κ1) is 15.1. The van der Waals surface area contributed by atoms with Crippen molar-refractivity contribution in [3.05, 3.63) is 16.1 Å². The van der Waals surface area contributed by atoms with Crippen LogP contribution in [0.4, 0.5) is 0 Å². The number of rotatable bonds is 5. The molecule has 1 N–H and O–H groups in total. The molecule has 1 aromatic heterocycles. The van der Waals surface area contributed by atoms with E-state index in [4.69, 9.17) is 0 Å². The zero-order valence-corrected chi connectivity index (χ0v) is 12.4. The van der Waals surface area contributed by atoms with Crippen LogP contribution in [-0.2, 0) is 21.4 Å². The van der Waals surface area contributed by atoms with Gasteiger partial charge in [-0.15, -0.1) is 11.3 Å². The maximum Gasteiger partial charge on any atom is 0.240 e. The number of carbonyl (C=O) groups is 1. The van der Waals surface area contributed by atoms with E-state index in [-0.39, 0.29) is 5.91 Å². The van der Waals surface area contributed by atoms with E-state index in [1.165, 1.54) is 23.2 Å². The Balaban J connectivity index is 2.61. The molecule has 0 aliphatic heterocycles. The molecule has 1 rings (SSSR count). The molecule has 6 nitrogen and oxygen atoms in total. The van der Waals surface area contributed by atoms with Crippen LogP contribution in [0.1, 0.15) is 17.6 Å². The van der Waals surface area contributed by atoms with Gasteiger partial charge in [0.2, 0.25) is 15.9 Å². The minimum absolute atomic E-state index is 0.284. The molecule has 18 heavy (non-hydrogen) atoms. The molecular formula is C10H17N3O3S2. The van der Waals surface area contributed by atoms with Crippen molar-refractivity contribution in [2.24, 2.45) is 0 Å². The van der Waals surface area contributed by atoms with Gasteiger partial charge in [0, 0.05) is 18.1 Å². The van der Waals surface area contributed by atoms with Gasteiger partial charge in [0.1, 0.15) is 5.01 Å². The molecule has 1 atom stereocenters. The number of aromatic nitrogens is 1. The van der Waals surface area contributed by atoms with E-state index in [2.05, 4.69) is 9.71 Å². The zero-order chi connectivity index (χ0) is 13.9. The molecule has 0 saturated heterocycles. The average molecular weight is 291 g/mol. The van der Waals surface area contributed by atoms with Crippen LogP contribution in [0.3, 0.4) is 0 Å². The summed E-state index contributed by atoms with van der Waals surface area (Å²) in [6.07, 6.45) is 1.03. The van der Waals surface area contributed by atoms with Crippen molar-refractivity contribution in [1.82, 2.24) is 14.6 Å². The van der Waals surface area contributed by atoms with Crippen LogP contribution in [0, 0.1) is 6.92 Å². The summed E-state index contributed by atoms with van der Waals surface area (Å²) >= 11 is 1.48. The Bertz CT molecular complexity index is 524. The highest BCUT2D eigenvalue weighted by Crippen LogP contribution is 2.11. The summed E-state index contributed by atoms with van der Waals surface area (Å²) in [6.45, 7) is 3.79. The van der Waals surface area contributed by atoms with Gasteiger partial charge < -0.3 is 4.90 Å². The summed E-state index contributed by atoms with van der Waals surface area (Å²) in [6, 6.07) is -0.772. The molecule has 0 aliphatic rings.